The first-order chi connectivity index (χ1) is 9.51. The van der Waals surface area contributed by atoms with Crippen LogP contribution in [0.25, 0.3) is 0 Å². The van der Waals surface area contributed by atoms with Crippen LogP contribution in [0.5, 0.6) is 0 Å². The molecule has 1 rings (SSSR count). The largest absolute Gasteiger partial charge is 0.370 e. The maximum atomic E-state index is 5.91. The van der Waals surface area contributed by atoms with Crippen LogP contribution in [0.15, 0.2) is 10.4 Å². The second kappa shape index (κ2) is 11.2. The molecule has 4 nitrogen and oxygen atoms in total. The van der Waals surface area contributed by atoms with Crippen molar-refractivity contribution in [2.75, 3.05) is 0 Å². The van der Waals surface area contributed by atoms with Gasteiger partial charge in [-0.3, -0.25) is 0 Å². The van der Waals surface area contributed by atoms with E-state index in [4.69, 9.17) is 5.73 Å². The SMILES string of the molecule is CCc1nc(CN=C(N)NC(C)CCCC(C)C)cs1.I. The van der Waals surface area contributed by atoms with Crippen molar-refractivity contribution in [1.82, 2.24) is 10.3 Å². The molecule has 1 heterocycles. The molecule has 1 aromatic heterocycles. The molecular formula is C15H29IN4S. The minimum atomic E-state index is 0. The molecule has 0 saturated carbocycles. The van der Waals surface area contributed by atoms with Gasteiger partial charge in [-0.15, -0.1) is 35.3 Å². The fourth-order valence-electron chi connectivity index (χ4n) is 1.95. The van der Waals surface area contributed by atoms with E-state index in [-0.39, 0.29) is 24.0 Å². The van der Waals surface area contributed by atoms with Crippen LogP contribution in [0.1, 0.15) is 57.7 Å². The summed E-state index contributed by atoms with van der Waals surface area (Å²) in [5.74, 6) is 1.29. The molecule has 1 atom stereocenters. The van der Waals surface area contributed by atoms with Crippen LogP contribution in [-0.4, -0.2) is 17.0 Å². The zero-order chi connectivity index (χ0) is 15.0. The van der Waals surface area contributed by atoms with Crippen molar-refractivity contribution in [3.05, 3.63) is 16.1 Å². The number of halogens is 1. The molecule has 0 spiro atoms. The number of guanidine groups is 1. The monoisotopic (exact) mass is 424 g/mol. The van der Waals surface area contributed by atoms with Gasteiger partial charge in [0, 0.05) is 11.4 Å². The minimum Gasteiger partial charge on any atom is -0.370 e. The van der Waals surface area contributed by atoms with Gasteiger partial charge in [0.15, 0.2) is 5.96 Å². The van der Waals surface area contributed by atoms with Crippen LogP contribution in [0.4, 0.5) is 0 Å². The summed E-state index contributed by atoms with van der Waals surface area (Å²) in [5, 5.41) is 6.46. The number of nitrogens with zero attached hydrogens (tertiary/aromatic N) is 2. The van der Waals surface area contributed by atoms with Gasteiger partial charge in [-0.05, 0) is 25.7 Å². The van der Waals surface area contributed by atoms with E-state index < -0.39 is 0 Å². The standard InChI is InChI=1S/C15H28N4S.HI/c1-5-14-19-13(10-20-14)9-17-15(16)18-12(4)8-6-7-11(2)3;/h10-12H,5-9H2,1-4H3,(H3,16,17,18);1H. The van der Waals surface area contributed by atoms with Crippen molar-refractivity contribution in [1.29, 1.82) is 0 Å². The predicted molar refractivity (Wildman–Crippen MR) is 104 cm³/mol. The Hall–Kier alpha value is -0.370. The van der Waals surface area contributed by atoms with Gasteiger partial charge in [0.2, 0.25) is 0 Å². The Morgan fingerprint density at radius 3 is 2.67 bits per heavy atom. The zero-order valence-corrected chi connectivity index (χ0v) is 16.7. The predicted octanol–water partition coefficient (Wildman–Crippen LogP) is 3.94. The Balaban J connectivity index is 0.00000400. The molecular weight excluding hydrogens is 395 g/mol. The first-order valence-corrected chi connectivity index (χ1v) is 8.39. The Labute approximate surface area is 150 Å². The van der Waals surface area contributed by atoms with Gasteiger partial charge >= 0.3 is 0 Å². The molecule has 0 aliphatic carbocycles. The summed E-state index contributed by atoms with van der Waals surface area (Å²) in [4.78, 5) is 8.83. The van der Waals surface area contributed by atoms with E-state index in [0.717, 1.165) is 29.5 Å². The van der Waals surface area contributed by atoms with E-state index in [1.165, 1.54) is 12.8 Å². The molecule has 3 N–H and O–H groups in total. The average Bonchev–Trinajstić information content (AvgIpc) is 2.83. The first kappa shape index (κ1) is 20.6. The van der Waals surface area contributed by atoms with Crippen LogP contribution in [-0.2, 0) is 13.0 Å². The number of thiazole rings is 1. The number of aryl methyl sites for hydroxylation is 1. The number of nitrogens with one attached hydrogen (secondary N) is 1. The molecule has 21 heavy (non-hydrogen) atoms. The van der Waals surface area contributed by atoms with Gasteiger partial charge in [-0.2, -0.15) is 0 Å². The lowest BCUT2D eigenvalue weighted by molar-refractivity contribution is 0.493. The quantitative estimate of drug-likeness (QED) is 0.378. The third-order valence-electron chi connectivity index (χ3n) is 3.13. The molecule has 1 aromatic rings. The second-order valence-electron chi connectivity index (χ2n) is 5.66. The number of rotatable bonds is 8. The van der Waals surface area contributed by atoms with Gasteiger partial charge in [0.1, 0.15) is 0 Å². The van der Waals surface area contributed by atoms with Crippen LogP contribution in [0.2, 0.25) is 0 Å². The summed E-state index contributed by atoms with van der Waals surface area (Å²) < 4.78 is 0. The molecule has 0 saturated heterocycles. The molecule has 0 amide bonds. The number of nitrogens with two attached hydrogens (primary N) is 1. The van der Waals surface area contributed by atoms with Crippen LogP contribution < -0.4 is 11.1 Å². The average molecular weight is 424 g/mol. The van der Waals surface area contributed by atoms with E-state index >= 15 is 0 Å². The van der Waals surface area contributed by atoms with E-state index in [1.807, 2.05) is 0 Å². The highest BCUT2D eigenvalue weighted by Gasteiger charge is 2.04. The highest BCUT2D eigenvalue weighted by atomic mass is 127. The minimum absolute atomic E-state index is 0. The molecule has 0 aromatic carbocycles. The summed E-state index contributed by atoms with van der Waals surface area (Å²) in [6.07, 6.45) is 4.60. The van der Waals surface area contributed by atoms with Gasteiger partial charge in [0.25, 0.3) is 0 Å². The van der Waals surface area contributed by atoms with Crippen LogP contribution in [0, 0.1) is 5.92 Å². The topological polar surface area (TPSA) is 63.3 Å². The van der Waals surface area contributed by atoms with Crippen LogP contribution in [0.3, 0.4) is 0 Å². The molecule has 1 unspecified atom stereocenters. The van der Waals surface area contributed by atoms with Crippen molar-refractivity contribution in [3.8, 4) is 0 Å². The van der Waals surface area contributed by atoms with Crippen molar-refractivity contribution in [3.63, 3.8) is 0 Å². The number of hydrogen-bond acceptors (Lipinski definition) is 3. The fraction of sp³-hybridized carbons (Fsp3) is 0.733. The maximum Gasteiger partial charge on any atom is 0.189 e. The lowest BCUT2D eigenvalue weighted by Gasteiger charge is -2.14. The number of aromatic nitrogens is 1. The fourth-order valence-corrected chi connectivity index (χ4v) is 2.69. The lowest BCUT2D eigenvalue weighted by Crippen LogP contribution is -2.38. The summed E-state index contributed by atoms with van der Waals surface area (Å²) in [7, 11) is 0. The smallest absolute Gasteiger partial charge is 0.189 e. The number of aliphatic imine (C=N–C) groups is 1. The Morgan fingerprint density at radius 1 is 1.38 bits per heavy atom. The van der Waals surface area contributed by atoms with Crippen molar-refractivity contribution < 1.29 is 0 Å². The van der Waals surface area contributed by atoms with E-state index in [9.17, 15) is 0 Å². The van der Waals surface area contributed by atoms with Crippen LogP contribution >= 0.6 is 35.3 Å². The summed E-state index contributed by atoms with van der Waals surface area (Å²) in [6, 6.07) is 0.374. The molecule has 122 valence electrons. The number of hydrogen-bond donors (Lipinski definition) is 2. The zero-order valence-electron chi connectivity index (χ0n) is 13.6. The molecule has 0 aliphatic heterocycles. The summed E-state index contributed by atoms with van der Waals surface area (Å²) in [6.45, 7) is 9.34. The first-order valence-electron chi connectivity index (χ1n) is 7.51. The van der Waals surface area contributed by atoms with Gasteiger partial charge in [-0.25, -0.2) is 9.98 Å². The molecule has 0 aliphatic rings. The van der Waals surface area contributed by atoms with Crippen molar-refractivity contribution in [2.24, 2.45) is 16.6 Å². The van der Waals surface area contributed by atoms with Gasteiger partial charge in [0.05, 0.1) is 17.2 Å². The highest BCUT2D eigenvalue weighted by Crippen LogP contribution is 2.11. The Morgan fingerprint density at radius 2 is 2.10 bits per heavy atom. The third-order valence-corrected chi connectivity index (χ3v) is 4.17. The maximum absolute atomic E-state index is 5.91. The molecule has 0 fully saturated rings. The highest BCUT2D eigenvalue weighted by molar-refractivity contribution is 14.0. The lowest BCUT2D eigenvalue weighted by atomic mass is 10.0. The van der Waals surface area contributed by atoms with Crippen molar-refractivity contribution in [2.45, 2.75) is 66.0 Å². The summed E-state index contributed by atoms with van der Waals surface area (Å²) >= 11 is 1.69. The summed E-state index contributed by atoms with van der Waals surface area (Å²) in [5.41, 5.74) is 6.91. The van der Waals surface area contributed by atoms with E-state index in [2.05, 4.69) is 48.4 Å². The normalized spacial score (nSPS) is 13.1. The Kier molecular flexibility index (Phi) is 11.0. The van der Waals surface area contributed by atoms with Gasteiger partial charge in [-0.1, -0.05) is 33.6 Å². The van der Waals surface area contributed by atoms with Crippen molar-refractivity contribution >= 4 is 41.3 Å². The van der Waals surface area contributed by atoms with Gasteiger partial charge < -0.3 is 11.1 Å². The van der Waals surface area contributed by atoms with E-state index in [1.54, 1.807) is 11.3 Å². The van der Waals surface area contributed by atoms with E-state index in [0.29, 0.717) is 18.5 Å². The molecule has 6 heteroatoms. The Bertz CT molecular complexity index is 418. The molecule has 0 bridgehead atoms. The second-order valence-corrected chi connectivity index (χ2v) is 6.60. The molecule has 0 radical (unpaired) electrons. The third kappa shape index (κ3) is 9.29.